The van der Waals surface area contributed by atoms with Crippen LogP contribution in [0.3, 0.4) is 0 Å². The number of hydrogen-bond donors (Lipinski definition) is 1. The number of alkyl halides is 3. The lowest BCUT2D eigenvalue weighted by Gasteiger charge is -2.34. The number of anilines is 2. The molecule has 9 heteroatoms. The lowest BCUT2D eigenvalue weighted by atomic mass is 9.96. The minimum Gasteiger partial charge on any atom is -0.366 e. The second-order valence-electron chi connectivity index (χ2n) is 8.53. The number of likely N-dealkylation sites (tertiary alicyclic amines) is 1. The first-order valence-electron chi connectivity index (χ1n) is 10.9. The van der Waals surface area contributed by atoms with Crippen LogP contribution in [0.25, 0.3) is 0 Å². The summed E-state index contributed by atoms with van der Waals surface area (Å²) in [6.07, 6.45) is -1.39. The molecule has 1 atom stereocenters. The van der Waals surface area contributed by atoms with Crippen molar-refractivity contribution in [2.24, 2.45) is 0 Å². The SMILES string of the molecule is CC(=O)N1CCCC[C@@H]1C(=O)Nc1ccc(N2CCc3ccc(C(F)(F)F)cc3C2)c(Cl)c1. The van der Waals surface area contributed by atoms with E-state index >= 15 is 0 Å². The third kappa shape index (κ3) is 5.11. The predicted octanol–water partition coefficient (Wildman–Crippen LogP) is 5.26. The van der Waals surface area contributed by atoms with Gasteiger partial charge >= 0.3 is 6.18 Å². The summed E-state index contributed by atoms with van der Waals surface area (Å²) in [6.45, 7) is 2.98. The molecule has 1 fully saturated rings. The highest BCUT2D eigenvalue weighted by Crippen LogP contribution is 2.35. The molecule has 2 heterocycles. The normalized spacial score (nSPS) is 18.6. The Morgan fingerprint density at radius 2 is 1.85 bits per heavy atom. The van der Waals surface area contributed by atoms with Crippen molar-refractivity contribution in [3.8, 4) is 0 Å². The molecule has 1 saturated heterocycles. The van der Waals surface area contributed by atoms with Crippen molar-refractivity contribution in [3.63, 3.8) is 0 Å². The fourth-order valence-electron chi connectivity index (χ4n) is 4.59. The average Bonchev–Trinajstić information content (AvgIpc) is 2.77. The van der Waals surface area contributed by atoms with Gasteiger partial charge in [-0.3, -0.25) is 9.59 Å². The topological polar surface area (TPSA) is 52.7 Å². The van der Waals surface area contributed by atoms with E-state index < -0.39 is 17.8 Å². The minimum absolute atomic E-state index is 0.123. The number of nitrogens with one attached hydrogen (secondary N) is 1. The number of nitrogens with zero attached hydrogens (tertiary/aromatic N) is 2. The quantitative estimate of drug-likeness (QED) is 0.653. The summed E-state index contributed by atoms with van der Waals surface area (Å²) in [7, 11) is 0. The summed E-state index contributed by atoms with van der Waals surface area (Å²) in [5, 5.41) is 3.24. The van der Waals surface area contributed by atoms with Gasteiger partial charge in [0.05, 0.1) is 16.3 Å². The molecule has 5 nitrogen and oxygen atoms in total. The van der Waals surface area contributed by atoms with Crippen molar-refractivity contribution in [2.75, 3.05) is 23.3 Å². The second-order valence-corrected chi connectivity index (χ2v) is 8.94. The lowest BCUT2D eigenvalue weighted by Crippen LogP contribution is -2.49. The third-order valence-electron chi connectivity index (χ3n) is 6.31. The first-order valence-corrected chi connectivity index (χ1v) is 11.3. The van der Waals surface area contributed by atoms with E-state index in [4.69, 9.17) is 11.6 Å². The van der Waals surface area contributed by atoms with Crippen LogP contribution in [-0.4, -0.2) is 35.8 Å². The zero-order valence-electron chi connectivity index (χ0n) is 18.2. The average molecular weight is 480 g/mol. The molecule has 0 unspecified atom stereocenters. The van der Waals surface area contributed by atoms with Crippen LogP contribution in [0.5, 0.6) is 0 Å². The molecule has 1 N–H and O–H groups in total. The van der Waals surface area contributed by atoms with E-state index in [1.807, 2.05) is 4.90 Å². The Morgan fingerprint density at radius 1 is 1.06 bits per heavy atom. The monoisotopic (exact) mass is 479 g/mol. The fraction of sp³-hybridized carbons (Fsp3) is 0.417. The maximum atomic E-state index is 13.1. The van der Waals surface area contributed by atoms with Crippen LogP contribution >= 0.6 is 11.6 Å². The Kier molecular flexibility index (Phi) is 6.56. The molecule has 33 heavy (non-hydrogen) atoms. The van der Waals surface area contributed by atoms with Crippen LogP contribution < -0.4 is 10.2 Å². The van der Waals surface area contributed by atoms with E-state index in [2.05, 4.69) is 5.32 Å². The van der Waals surface area contributed by atoms with Crippen molar-refractivity contribution in [2.45, 2.75) is 51.4 Å². The van der Waals surface area contributed by atoms with Crippen LogP contribution in [-0.2, 0) is 28.7 Å². The van der Waals surface area contributed by atoms with Gasteiger partial charge in [-0.05, 0) is 67.1 Å². The highest BCUT2D eigenvalue weighted by molar-refractivity contribution is 6.33. The Labute approximate surface area is 195 Å². The number of benzene rings is 2. The number of piperidine rings is 1. The van der Waals surface area contributed by atoms with Crippen molar-refractivity contribution in [1.29, 1.82) is 0 Å². The zero-order valence-corrected chi connectivity index (χ0v) is 19.0. The van der Waals surface area contributed by atoms with Crippen molar-refractivity contribution in [3.05, 3.63) is 58.1 Å². The molecule has 4 rings (SSSR count). The lowest BCUT2D eigenvalue weighted by molar-refractivity contribution is -0.138. The third-order valence-corrected chi connectivity index (χ3v) is 6.61. The van der Waals surface area contributed by atoms with Crippen molar-refractivity contribution < 1.29 is 22.8 Å². The first kappa shape index (κ1) is 23.4. The summed E-state index contributed by atoms with van der Waals surface area (Å²) in [5.74, 6) is -0.373. The number of carbonyl (C=O) groups excluding carboxylic acids is 2. The van der Waals surface area contributed by atoms with Gasteiger partial charge in [0.2, 0.25) is 11.8 Å². The molecule has 2 aromatic carbocycles. The van der Waals surface area contributed by atoms with Crippen LogP contribution in [0.15, 0.2) is 36.4 Å². The predicted molar refractivity (Wildman–Crippen MR) is 121 cm³/mol. The maximum Gasteiger partial charge on any atom is 0.416 e. The van der Waals surface area contributed by atoms with Gasteiger partial charge in [-0.15, -0.1) is 0 Å². The van der Waals surface area contributed by atoms with Crippen molar-refractivity contribution in [1.82, 2.24) is 4.90 Å². The Morgan fingerprint density at radius 3 is 2.55 bits per heavy atom. The highest BCUT2D eigenvalue weighted by atomic mass is 35.5. The summed E-state index contributed by atoms with van der Waals surface area (Å²) in [5.41, 5.74) is 2.09. The van der Waals surface area contributed by atoms with Crippen molar-refractivity contribution >= 4 is 34.8 Å². The zero-order chi connectivity index (χ0) is 23.8. The molecule has 176 valence electrons. The molecule has 0 spiro atoms. The molecule has 0 aliphatic carbocycles. The summed E-state index contributed by atoms with van der Waals surface area (Å²) in [4.78, 5) is 28.2. The molecule has 0 saturated carbocycles. The largest absolute Gasteiger partial charge is 0.416 e. The smallest absolute Gasteiger partial charge is 0.366 e. The summed E-state index contributed by atoms with van der Waals surface area (Å²) >= 11 is 6.50. The molecule has 2 aromatic rings. The molecule has 2 aliphatic heterocycles. The van der Waals surface area contributed by atoms with Gasteiger partial charge in [-0.25, -0.2) is 0 Å². The van der Waals surface area contributed by atoms with Gasteiger partial charge in [0.15, 0.2) is 0 Å². The number of halogens is 4. The van der Waals surface area contributed by atoms with Crippen LogP contribution in [0.2, 0.25) is 5.02 Å². The standard InChI is InChI=1S/C24H25ClF3N3O2/c1-15(32)31-10-3-2-4-22(31)23(33)29-19-7-8-21(20(25)13-19)30-11-9-16-5-6-18(24(26,27)28)12-17(16)14-30/h5-8,12-13,22H,2-4,9-11,14H2,1H3,(H,29,33)/t22-/m1/s1. The van der Waals surface area contributed by atoms with Gasteiger partial charge in [0.25, 0.3) is 0 Å². The molecule has 0 radical (unpaired) electrons. The molecule has 2 amide bonds. The summed E-state index contributed by atoms with van der Waals surface area (Å²) < 4.78 is 39.3. The van der Waals surface area contributed by atoms with Gasteiger partial charge in [-0.1, -0.05) is 17.7 Å². The molecular formula is C24H25ClF3N3O2. The number of rotatable bonds is 3. The van der Waals surface area contributed by atoms with Gasteiger partial charge < -0.3 is 15.1 Å². The Balaban J connectivity index is 1.48. The van der Waals surface area contributed by atoms with E-state index in [1.165, 1.54) is 13.0 Å². The van der Waals surface area contributed by atoms with Crippen LogP contribution in [0, 0.1) is 0 Å². The maximum absolute atomic E-state index is 13.1. The van der Waals surface area contributed by atoms with Gasteiger partial charge in [0.1, 0.15) is 6.04 Å². The number of hydrogen-bond acceptors (Lipinski definition) is 3. The second kappa shape index (κ2) is 9.25. The van der Waals surface area contributed by atoms with Gasteiger partial charge in [0, 0.05) is 32.2 Å². The van der Waals surface area contributed by atoms with Crippen LogP contribution in [0.4, 0.5) is 24.5 Å². The first-order chi connectivity index (χ1) is 15.6. The van der Waals surface area contributed by atoms with E-state index in [0.29, 0.717) is 54.4 Å². The van der Waals surface area contributed by atoms with E-state index in [0.717, 1.165) is 24.5 Å². The number of carbonyl (C=O) groups is 2. The highest BCUT2D eigenvalue weighted by Gasteiger charge is 2.32. The van der Waals surface area contributed by atoms with E-state index in [-0.39, 0.29) is 11.8 Å². The van der Waals surface area contributed by atoms with E-state index in [9.17, 15) is 22.8 Å². The Hall–Kier alpha value is -2.74. The molecular weight excluding hydrogens is 455 g/mol. The summed E-state index contributed by atoms with van der Waals surface area (Å²) in [6, 6.07) is 8.49. The van der Waals surface area contributed by atoms with E-state index in [1.54, 1.807) is 29.2 Å². The number of amides is 2. The fourth-order valence-corrected chi connectivity index (χ4v) is 4.89. The number of fused-ring (bicyclic) bond motifs is 1. The Bertz CT molecular complexity index is 1070. The molecule has 2 aliphatic rings. The molecule has 0 aromatic heterocycles. The van der Waals surface area contributed by atoms with Crippen LogP contribution in [0.1, 0.15) is 42.9 Å². The minimum atomic E-state index is -4.38. The molecule has 0 bridgehead atoms. The van der Waals surface area contributed by atoms with Gasteiger partial charge in [-0.2, -0.15) is 13.2 Å².